The molecule has 2 rings (SSSR count). The van der Waals surface area contributed by atoms with Crippen LogP contribution in [0.3, 0.4) is 0 Å². The Morgan fingerprint density at radius 2 is 2.26 bits per heavy atom. The van der Waals surface area contributed by atoms with Crippen molar-refractivity contribution in [3.8, 4) is 0 Å². The molecule has 0 bridgehead atoms. The molecule has 1 amide bonds. The van der Waals surface area contributed by atoms with Gasteiger partial charge >= 0.3 is 6.09 Å². The summed E-state index contributed by atoms with van der Waals surface area (Å²) in [6.45, 7) is 5.86. The third-order valence-electron chi connectivity index (χ3n) is 3.06. The van der Waals surface area contributed by atoms with E-state index in [1.165, 1.54) is 0 Å². The molecule has 1 aromatic rings. The monoisotopic (exact) mass is 281 g/mol. The predicted molar refractivity (Wildman–Crippen MR) is 75.8 cm³/mol. The summed E-state index contributed by atoms with van der Waals surface area (Å²) in [5.41, 5.74) is 0.993. The number of carbonyl (C=O) groups is 1. The molecule has 0 radical (unpaired) electrons. The van der Waals surface area contributed by atoms with E-state index in [4.69, 9.17) is 9.47 Å². The van der Waals surface area contributed by atoms with Crippen LogP contribution in [0, 0.1) is 0 Å². The van der Waals surface area contributed by atoms with Gasteiger partial charge in [-0.25, -0.2) is 4.79 Å². The van der Waals surface area contributed by atoms with Gasteiger partial charge in [-0.2, -0.15) is 11.3 Å². The number of ether oxygens (including phenoxy) is 2. The van der Waals surface area contributed by atoms with Gasteiger partial charge in [0.1, 0.15) is 0 Å². The van der Waals surface area contributed by atoms with E-state index in [0.717, 1.165) is 18.4 Å². The van der Waals surface area contributed by atoms with E-state index in [9.17, 15) is 4.79 Å². The van der Waals surface area contributed by atoms with Crippen LogP contribution in [0.25, 0.3) is 5.76 Å². The summed E-state index contributed by atoms with van der Waals surface area (Å²) in [4.78, 5) is 13.7. The molecule has 1 aromatic heterocycles. The Morgan fingerprint density at radius 1 is 1.47 bits per heavy atom. The molecule has 0 unspecified atom stereocenters. The maximum absolute atomic E-state index is 12.0. The standard InChI is InChI=1S/C14H19NO3S/c1-3-15(4-2)14(16)18-12-6-5-8-17-13(12)11-7-9-19-10-11/h7,9-10H,3-6,8H2,1-2H3. The molecule has 0 saturated carbocycles. The van der Waals surface area contributed by atoms with Crippen LogP contribution >= 0.6 is 11.3 Å². The minimum Gasteiger partial charge on any atom is -0.489 e. The van der Waals surface area contributed by atoms with Crippen LogP contribution in [0.1, 0.15) is 32.3 Å². The van der Waals surface area contributed by atoms with Crippen molar-refractivity contribution >= 4 is 23.2 Å². The first kappa shape index (κ1) is 13.9. The summed E-state index contributed by atoms with van der Waals surface area (Å²) in [5.74, 6) is 1.37. The SMILES string of the molecule is CCN(CC)C(=O)OC1=C(c2ccsc2)OCCC1. The quantitative estimate of drug-likeness (QED) is 0.844. The average Bonchev–Trinajstić information content (AvgIpc) is 2.94. The molecule has 1 aliphatic rings. The summed E-state index contributed by atoms with van der Waals surface area (Å²) in [6, 6.07) is 1.98. The first-order valence-electron chi connectivity index (χ1n) is 6.61. The van der Waals surface area contributed by atoms with Gasteiger partial charge in [0.25, 0.3) is 0 Å². The molecular formula is C14H19NO3S. The topological polar surface area (TPSA) is 38.8 Å². The highest BCUT2D eigenvalue weighted by molar-refractivity contribution is 7.08. The first-order valence-corrected chi connectivity index (χ1v) is 7.55. The molecule has 0 saturated heterocycles. The minimum absolute atomic E-state index is 0.293. The summed E-state index contributed by atoms with van der Waals surface area (Å²) < 4.78 is 11.2. The molecule has 2 heterocycles. The highest BCUT2D eigenvalue weighted by atomic mass is 32.1. The number of rotatable bonds is 4. The zero-order valence-corrected chi connectivity index (χ0v) is 12.2. The van der Waals surface area contributed by atoms with Gasteiger partial charge in [0.15, 0.2) is 11.5 Å². The van der Waals surface area contributed by atoms with Crippen molar-refractivity contribution in [3.63, 3.8) is 0 Å². The maximum Gasteiger partial charge on any atom is 0.415 e. The number of hydrogen-bond donors (Lipinski definition) is 0. The Labute approximate surface area is 117 Å². The molecule has 0 atom stereocenters. The normalized spacial score (nSPS) is 15.1. The predicted octanol–water partition coefficient (Wildman–Crippen LogP) is 3.71. The third-order valence-corrected chi connectivity index (χ3v) is 3.75. The van der Waals surface area contributed by atoms with E-state index in [2.05, 4.69) is 0 Å². The molecule has 104 valence electrons. The van der Waals surface area contributed by atoms with Gasteiger partial charge in [0.2, 0.25) is 0 Å². The second kappa shape index (κ2) is 6.61. The number of thiophene rings is 1. The van der Waals surface area contributed by atoms with Gasteiger partial charge in [-0.05, 0) is 31.7 Å². The Bertz CT molecular complexity index is 449. The molecular weight excluding hydrogens is 262 g/mol. The highest BCUT2D eigenvalue weighted by Gasteiger charge is 2.22. The van der Waals surface area contributed by atoms with Crippen LogP contribution in [0.2, 0.25) is 0 Å². The fourth-order valence-corrected chi connectivity index (χ4v) is 2.62. The summed E-state index contributed by atoms with van der Waals surface area (Å²) in [5, 5.41) is 4.00. The van der Waals surface area contributed by atoms with Crippen LogP contribution < -0.4 is 0 Å². The van der Waals surface area contributed by atoms with Crippen LogP contribution in [-0.2, 0) is 9.47 Å². The zero-order chi connectivity index (χ0) is 13.7. The van der Waals surface area contributed by atoms with Crippen molar-refractivity contribution < 1.29 is 14.3 Å². The van der Waals surface area contributed by atoms with Crippen molar-refractivity contribution in [2.45, 2.75) is 26.7 Å². The summed E-state index contributed by atoms with van der Waals surface area (Å²) in [6.07, 6.45) is 1.34. The Balaban J connectivity index is 2.17. The van der Waals surface area contributed by atoms with E-state index in [1.807, 2.05) is 30.7 Å². The Kier molecular flexibility index (Phi) is 4.85. The van der Waals surface area contributed by atoms with Gasteiger partial charge < -0.3 is 14.4 Å². The van der Waals surface area contributed by atoms with E-state index in [0.29, 0.717) is 31.2 Å². The average molecular weight is 281 g/mol. The smallest absolute Gasteiger partial charge is 0.415 e. The number of hydrogen-bond acceptors (Lipinski definition) is 4. The second-order valence-electron chi connectivity index (χ2n) is 4.26. The van der Waals surface area contributed by atoms with Crippen molar-refractivity contribution in [3.05, 3.63) is 28.1 Å². The molecule has 5 heteroatoms. The van der Waals surface area contributed by atoms with Crippen molar-refractivity contribution in [2.24, 2.45) is 0 Å². The lowest BCUT2D eigenvalue weighted by Crippen LogP contribution is -2.31. The molecule has 0 fully saturated rings. The van der Waals surface area contributed by atoms with Gasteiger partial charge in [-0.1, -0.05) is 0 Å². The lowest BCUT2D eigenvalue weighted by Gasteiger charge is -2.23. The fourth-order valence-electron chi connectivity index (χ4n) is 1.99. The van der Waals surface area contributed by atoms with E-state index in [1.54, 1.807) is 16.2 Å². The van der Waals surface area contributed by atoms with Gasteiger partial charge in [0, 0.05) is 30.5 Å². The van der Waals surface area contributed by atoms with E-state index >= 15 is 0 Å². The summed E-state index contributed by atoms with van der Waals surface area (Å²) in [7, 11) is 0. The van der Waals surface area contributed by atoms with Crippen molar-refractivity contribution in [2.75, 3.05) is 19.7 Å². The van der Waals surface area contributed by atoms with E-state index < -0.39 is 0 Å². The minimum atomic E-state index is -0.293. The fraction of sp³-hybridized carbons (Fsp3) is 0.500. The lowest BCUT2D eigenvalue weighted by atomic mass is 10.1. The van der Waals surface area contributed by atoms with Crippen LogP contribution in [0.15, 0.2) is 22.6 Å². The molecule has 0 spiro atoms. The Hall–Kier alpha value is -1.49. The molecule has 0 N–H and O–H groups in total. The lowest BCUT2D eigenvalue weighted by molar-refractivity contribution is 0.119. The van der Waals surface area contributed by atoms with Crippen LogP contribution in [0.4, 0.5) is 4.79 Å². The number of carbonyl (C=O) groups excluding carboxylic acids is 1. The zero-order valence-electron chi connectivity index (χ0n) is 11.3. The molecule has 1 aliphatic heterocycles. The second-order valence-corrected chi connectivity index (χ2v) is 5.04. The third kappa shape index (κ3) is 3.29. The van der Waals surface area contributed by atoms with Gasteiger partial charge in [-0.3, -0.25) is 0 Å². The van der Waals surface area contributed by atoms with Gasteiger partial charge in [0.05, 0.1) is 6.61 Å². The number of allylic oxidation sites excluding steroid dienone is 1. The number of nitrogens with zero attached hydrogens (tertiary/aromatic N) is 1. The van der Waals surface area contributed by atoms with Gasteiger partial charge in [-0.15, -0.1) is 0 Å². The Morgan fingerprint density at radius 3 is 2.89 bits per heavy atom. The summed E-state index contributed by atoms with van der Waals surface area (Å²) >= 11 is 1.60. The molecule has 19 heavy (non-hydrogen) atoms. The highest BCUT2D eigenvalue weighted by Crippen LogP contribution is 2.30. The number of amides is 1. The van der Waals surface area contributed by atoms with E-state index in [-0.39, 0.29) is 6.09 Å². The van der Waals surface area contributed by atoms with Crippen LogP contribution in [-0.4, -0.2) is 30.7 Å². The molecule has 4 nitrogen and oxygen atoms in total. The molecule has 0 aliphatic carbocycles. The van der Waals surface area contributed by atoms with Crippen molar-refractivity contribution in [1.82, 2.24) is 4.90 Å². The van der Waals surface area contributed by atoms with Crippen LogP contribution in [0.5, 0.6) is 0 Å². The van der Waals surface area contributed by atoms with Crippen molar-refractivity contribution in [1.29, 1.82) is 0 Å². The first-order chi connectivity index (χ1) is 9.26. The molecule has 0 aromatic carbocycles. The maximum atomic E-state index is 12.0. The largest absolute Gasteiger partial charge is 0.489 e.